The van der Waals surface area contributed by atoms with E-state index in [9.17, 15) is 5.26 Å². The number of nitrogens with zero attached hydrogens (tertiary/aromatic N) is 3. The summed E-state index contributed by atoms with van der Waals surface area (Å²) in [4.78, 5) is 0. The third-order valence-corrected chi connectivity index (χ3v) is 4.84. The third kappa shape index (κ3) is 2.89. The van der Waals surface area contributed by atoms with Gasteiger partial charge in [0.25, 0.3) is 0 Å². The van der Waals surface area contributed by atoms with Crippen LogP contribution in [0, 0.1) is 25.2 Å². The molecule has 0 spiro atoms. The van der Waals surface area contributed by atoms with Gasteiger partial charge >= 0.3 is 0 Å². The third-order valence-electron chi connectivity index (χ3n) is 4.59. The molecule has 5 nitrogen and oxygen atoms in total. The molecule has 1 atom stereocenters. The summed E-state index contributed by atoms with van der Waals surface area (Å²) in [5, 5.41) is 15.0. The van der Waals surface area contributed by atoms with E-state index >= 15 is 0 Å². The number of ether oxygens (including phenoxy) is 1. The molecule has 1 unspecified atom stereocenters. The molecular weight excluding hydrogens is 360 g/mol. The van der Waals surface area contributed by atoms with Crippen molar-refractivity contribution < 1.29 is 4.74 Å². The number of nitriles is 1. The number of rotatable bonds is 2. The first-order chi connectivity index (χ1) is 13.0. The zero-order valence-electron chi connectivity index (χ0n) is 14.9. The van der Waals surface area contributed by atoms with Crippen molar-refractivity contribution in [2.75, 3.05) is 0 Å². The SMILES string of the molecule is Cc1ccc(-n2nc(C)c3c2OC(N)C(C#N)=C3c2ccc(Cl)cc2)cc1. The molecule has 1 aromatic heterocycles. The average molecular weight is 377 g/mol. The van der Waals surface area contributed by atoms with Crippen molar-refractivity contribution in [3.63, 3.8) is 0 Å². The summed E-state index contributed by atoms with van der Waals surface area (Å²) in [6.07, 6.45) is -0.867. The van der Waals surface area contributed by atoms with Crippen molar-refractivity contribution in [3.05, 3.63) is 81.5 Å². The van der Waals surface area contributed by atoms with Crippen molar-refractivity contribution >= 4 is 17.2 Å². The summed E-state index contributed by atoms with van der Waals surface area (Å²) in [6, 6.07) is 17.5. The zero-order chi connectivity index (χ0) is 19.1. The van der Waals surface area contributed by atoms with Crippen molar-refractivity contribution in [2.45, 2.75) is 20.1 Å². The molecule has 0 saturated heterocycles. The number of nitrogens with two attached hydrogens (primary N) is 1. The highest BCUT2D eigenvalue weighted by atomic mass is 35.5. The molecule has 0 saturated carbocycles. The molecule has 1 aliphatic heterocycles. The molecule has 2 aromatic carbocycles. The second-order valence-corrected chi connectivity index (χ2v) is 6.90. The Bertz CT molecular complexity index is 1090. The van der Waals surface area contributed by atoms with E-state index in [1.54, 1.807) is 16.8 Å². The lowest BCUT2D eigenvalue weighted by Crippen LogP contribution is -2.33. The Hall–Kier alpha value is -3.07. The van der Waals surface area contributed by atoms with E-state index in [0.29, 0.717) is 16.5 Å². The molecule has 0 fully saturated rings. The summed E-state index contributed by atoms with van der Waals surface area (Å²) in [7, 11) is 0. The number of fused-ring (bicyclic) bond motifs is 1. The minimum Gasteiger partial charge on any atom is -0.453 e. The Labute approximate surface area is 162 Å². The predicted molar refractivity (Wildman–Crippen MR) is 105 cm³/mol. The van der Waals surface area contributed by atoms with E-state index in [1.165, 1.54) is 0 Å². The fraction of sp³-hybridized carbons (Fsp3) is 0.143. The topological polar surface area (TPSA) is 76.9 Å². The molecule has 2 N–H and O–H groups in total. The Kier molecular flexibility index (Phi) is 4.23. The van der Waals surface area contributed by atoms with Crippen LogP contribution in [-0.2, 0) is 0 Å². The van der Waals surface area contributed by atoms with Crippen LogP contribution in [0.1, 0.15) is 22.4 Å². The maximum atomic E-state index is 9.70. The van der Waals surface area contributed by atoms with Gasteiger partial charge in [-0.05, 0) is 43.7 Å². The number of aromatic nitrogens is 2. The lowest BCUT2D eigenvalue weighted by atomic mass is 9.91. The Morgan fingerprint density at radius 3 is 2.41 bits per heavy atom. The monoisotopic (exact) mass is 376 g/mol. The van der Waals surface area contributed by atoms with Crippen molar-refractivity contribution in [1.29, 1.82) is 5.26 Å². The molecule has 4 rings (SSSR count). The summed E-state index contributed by atoms with van der Waals surface area (Å²) < 4.78 is 7.65. The van der Waals surface area contributed by atoms with Gasteiger partial charge in [0, 0.05) is 10.6 Å². The minimum absolute atomic E-state index is 0.372. The molecule has 0 amide bonds. The van der Waals surface area contributed by atoms with E-state index < -0.39 is 6.23 Å². The fourth-order valence-electron chi connectivity index (χ4n) is 3.26. The van der Waals surface area contributed by atoms with Gasteiger partial charge in [0.05, 0.1) is 22.5 Å². The number of hydrogen-bond acceptors (Lipinski definition) is 4. The number of hydrogen-bond donors (Lipinski definition) is 1. The maximum Gasteiger partial charge on any atom is 0.226 e. The standard InChI is InChI=1S/C21H17ClN4O/c1-12-3-9-16(10-4-12)26-21-18(13(2)25-26)19(17(11-23)20(24)27-21)14-5-7-15(22)8-6-14/h3-10,20H,24H2,1-2H3. The first-order valence-electron chi connectivity index (χ1n) is 8.49. The van der Waals surface area contributed by atoms with E-state index in [-0.39, 0.29) is 0 Å². The highest BCUT2D eigenvalue weighted by molar-refractivity contribution is 6.30. The van der Waals surface area contributed by atoms with Crippen LogP contribution in [0.3, 0.4) is 0 Å². The van der Waals surface area contributed by atoms with Gasteiger partial charge in [0.15, 0.2) is 6.23 Å². The van der Waals surface area contributed by atoms with Crippen LogP contribution in [0.2, 0.25) is 5.02 Å². The molecule has 134 valence electrons. The summed E-state index contributed by atoms with van der Waals surface area (Å²) in [6.45, 7) is 3.93. The Morgan fingerprint density at radius 2 is 1.78 bits per heavy atom. The van der Waals surface area contributed by atoms with E-state index in [2.05, 4.69) is 11.2 Å². The average Bonchev–Trinajstić information content (AvgIpc) is 2.98. The quantitative estimate of drug-likeness (QED) is 0.729. The van der Waals surface area contributed by atoms with Crippen LogP contribution in [0.25, 0.3) is 11.3 Å². The highest BCUT2D eigenvalue weighted by Crippen LogP contribution is 2.41. The number of aryl methyl sites for hydroxylation is 2. The van der Waals surface area contributed by atoms with Gasteiger partial charge < -0.3 is 4.74 Å². The number of benzene rings is 2. The number of halogens is 1. The van der Waals surface area contributed by atoms with Crippen LogP contribution in [-0.4, -0.2) is 16.0 Å². The van der Waals surface area contributed by atoms with Crippen molar-refractivity contribution in [1.82, 2.24) is 9.78 Å². The van der Waals surface area contributed by atoms with E-state index in [4.69, 9.17) is 22.1 Å². The predicted octanol–water partition coefficient (Wildman–Crippen LogP) is 4.15. The minimum atomic E-state index is -0.867. The van der Waals surface area contributed by atoms with E-state index in [1.807, 2.05) is 50.2 Å². The van der Waals surface area contributed by atoms with Crippen LogP contribution in [0.5, 0.6) is 5.88 Å². The second kappa shape index (κ2) is 6.58. The molecule has 27 heavy (non-hydrogen) atoms. The van der Waals surface area contributed by atoms with Gasteiger partial charge in [-0.3, -0.25) is 5.73 Å². The first kappa shape index (κ1) is 17.3. The van der Waals surface area contributed by atoms with Gasteiger partial charge in [-0.25, -0.2) is 4.68 Å². The van der Waals surface area contributed by atoms with Crippen LogP contribution >= 0.6 is 11.6 Å². The second-order valence-electron chi connectivity index (χ2n) is 6.46. The smallest absolute Gasteiger partial charge is 0.226 e. The Morgan fingerprint density at radius 1 is 1.11 bits per heavy atom. The van der Waals surface area contributed by atoms with Crippen LogP contribution in [0.4, 0.5) is 0 Å². The largest absolute Gasteiger partial charge is 0.453 e. The van der Waals surface area contributed by atoms with E-state index in [0.717, 1.165) is 33.6 Å². The first-order valence-corrected chi connectivity index (χ1v) is 8.87. The normalized spacial score (nSPS) is 15.9. The summed E-state index contributed by atoms with van der Waals surface area (Å²) in [5.74, 6) is 0.535. The lowest BCUT2D eigenvalue weighted by Gasteiger charge is -2.24. The lowest BCUT2D eigenvalue weighted by molar-refractivity contribution is 0.228. The summed E-state index contributed by atoms with van der Waals surface area (Å²) >= 11 is 6.03. The van der Waals surface area contributed by atoms with Crippen LogP contribution in [0.15, 0.2) is 54.1 Å². The molecule has 0 aliphatic carbocycles. The van der Waals surface area contributed by atoms with Gasteiger partial charge in [-0.2, -0.15) is 10.4 Å². The molecule has 6 heteroatoms. The Balaban J connectivity index is 1.97. The fourth-order valence-corrected chi connectivity index (χ4v) is 3.38. The molecule has 0 bridgehead atoms. The maximum absolute atomic E-state index is 9.70. The molecule has 3 aromatic rings. The van der Waals surface area contributed by atoms with Crippen molar-refractivity contribution in [2.24, 2.45) is 5.73 Å². The molecular formula is C21H17ClN4O. The molecule has 0 radical (unpaired) electrons. The molecule has 1 aliphatic rings. The molecule has 2 heterocycles. The van der Waals surface area contributed by atoms with Crippen LogP contribution < -0.4 is 10.5 Å². The zero-order valence-corrected chi connectivity index (χ0v) is 15.7. The van der Waals surface area contributed by atoms with Gasteiger partial charge in [0.1, 0.15) is 6.07 Å². The van der Waals surface area contributed by atoms with Gasteiger partial charge in [-0.15, -0.1) is 0 Å². The van der Waals surface area contributed by atoms with Crippen molar-refractivity contribution in [3.8, 4) is 17.6 Å². The van der Waals surface area contributed by atoms with Gasteiger partial charge in [-0.1, -0.05) is 41.4 Å². The van der Waals surface area contributed by atoms with Gasteiger partial charge in [0.2, 0.25) is 5.88 Å². The highest BCUT2D eigenvalue weighted by Gasteiger charge is 2.33. The summed E-state index contributed by atoms with van der Waals surface area (Å²) in [5.41, 5.74) is 11.7.